The van der Waals surface area contributed by atoms with Crippen molar-refractivity contribution >= 4 is 10.9 Å². The highest BCUT2D eigenvalue weighted by Gasteiger charge is 2.32. The minimum absolute atomic E-state index is 0.0748. The highest BCUT2D eigenvalue weighted by Crippen LogP contribution is 2.27. The van der Waals surface area contributed by atoms with Gasteiger partial charge in [0.15, 0.2) is 0 Å². The monoisotopic (exact) mass is 271 g/mol. The van der Waals surface area contributed by atoms with Gasteiger partial charge < -0.3 is 10.7 Å². The molecule has 1 aliphatic rings. The number of benzene rings is 1. The molecule has 1 fully saturated rings. The number of hydrogen-bond donors (Lipinski definition) is 2. The Morgan fingerprint density at radius 3 is 2.70 bits per heavy atom. The number of fused-ring (bicyclic) bond motifs is 1. The standard InChI is InChI=1S/C17H25N3/c1-17(13-18,20-9-5-2-6-10-20)11-14-12-19-16-8-4-3-7-15(14)16/h3-4,7-8,12,19H,2,5-6,9-11,13,18H2,1H3. The number of rotatable bonds is 4. The van der Waals surface area contributed by atoms with Crippen molar-refractivity contribution < 1.29 is 0 Å². The lowest BCUT2D eigenvalue weighted by Gasteiger charge is -2.43. The molecule has 2 heterocycles. The first kappa shape index (κ1) is 13.7. The maximum absolute atomic E-state index is 6.15. The second kappa shape index (κ2) is 5.58. The van der Waals surface area contributed by atoms with E-state index in [0.717, 1.165) is 6.42 Å². The van der Waals surface area contributed by atoms with Gasteiger partial charge in [0.1, 0.15) is 0 Å². The molecule has 0 bridgehead atoms. The van der Waals surface area contributed by atoms with E-state index in [1.807, 2.05) is 0 Å². The number of para-hydroxylation sites is 1. The summed E-state index contributed by atoms with van der Waals surface area (Å²) in [4.78, 5) is 5.97. The summed E-state index contributed by atoms with van der Waals surface area (Å²) in [5, 5.41) is 1.34. The fourth-order valence-electron chi connectivity index (χ4n) is 3.43. The number of hydrogen-bond acceptors (Lipinski definition) is 2. The molecule has 0 aliphatic carbocycles. The average molecular weight is 271 g/mol. The zero-order valence-electron chi connectivity index (χ0n) is 12.4. The quantitative estimate of drug-likeness (QED) is 0.898. The molecule has 0 radical (unpaired) electrons. The normalized spacial score (nSPS) is 20.1. The van der Waals surface area contributed by atoms with Gasteiger partial charge in [-0.05, 0) is 50.9 Å². The maximum atomic E-state index is 6.15. The van der Waals surface area contributed by atoms with Crippen LogP contribution in [-0.2, 0) is 6.42 Å². The Balaban J connectivity index is 1.86. The van der Waals surface area contributed by atoms with Gasteiger partial charge in [0.2, 0.25) is 0 Å². The van der Waals surface area contributed by atoms with Crippen LogP contribution in [0, 0.1) is 0 Å². The van der Waals surface area contributed by atoms with Crippen molar-refractivity contribution in [3.8, 4) is 0 Å². The smallest absolute Gasteiger partial charge is 0.0456 e. The van der Waals surface area contributed by atoms with E-state index in [9.17, 15) is 0 Å². The Labute approximate surface area is 121 Å². The van der Waals surface area contributed by atoms with Gasteiger partial charge in [0.25, 0.3) is 0 Å². The predicted octanol–water partition coefficient (Wildman–Crippen LogP) is 2.91. The molecule has 0 spiro atoms. The van der Waals surface area contributed by atoms with E-state index >= 15 is 0 Å². The average Bonchev–Trinajstić information content (AvgIpc) is 2.91. The van der Waals surface area contributed by atoms with Crippen molar-refractivity contribution in [1.82, 2.24) is 9.88 Å². The van der Waals surface area contributed by atoms with Crippen molar-refractivity contribution in [3.63, 3.8) is 0 Å². The van der Waals surface area contributed by atoms with E-state index in [0.29, 0.717) is 6.54 Å². The fourth-order valence-corrected chi connectivity index (χ4v) is 3.43. The lowest BCUT2D eigenvalue weighted by atomic mass is 9.89. The van der Waals surface area contributed by atoms with Gasteiger partial charge in [-0.15, -0.1) is 0 Å². The van der Waals surface area contributed by atoms with Crippen molar-refractivity contribution in [2.45, 2.75) is 38.1 Å². The van der Waals surface area contributed by atoms with Crippen LogP contribution >= 0.6 is 0 Å². The molecular formula is C17H25N3. The van der Waals surface area contributed by atoms with Crippen LogP contribution < -0.4 is 5.73 Å². The molecule has 2 aromatic rings. The molecule has 1 atom stereocenters. The molecule has 0 saturated carbocycles. The fraction of sp³-hybridized carbons (Fsp3) is 0.529. The third-order valence-electron chi connectivity index (χ3n) is 4.81. The summed E-state index contributed by atoms with van der Waals surface area (Å²) in [6.45, 7) is 5.42. The van der Waals surface area contributed by atoms with E-state index in [1.54, 1.807) is 0 Å². The summed E-state index contributed by atoms with van der Waals surface area (Å²) in [5.41, 5.74) is 8.83. The minimum atomic E-state index is 0.0748. The molecule has 3 N–H and O–H groups in total. The molecule has 1 aliphatic heterocycles. The highest BCUT2D eigenvalue weighted by atomic mass is 15.2. The van der Waals surface area contributed by atoms with Gasteiger partial charge in [-0.1, -0.05) is 24.6 Å². The first-order valence-corrected chi connectivity index (χ1v) is 7.73. The molecular weight excluding hydrogens is 246 g/mol. The van der Waals surface area contributed by atoms with Crippen LogP contribution in [0.25, 0.3) is 10.9 Å². The van der Waals surface area contributed by atoms with Gasteiger partial charge in [-0.2, -0.15) is 0 Å². The molecule has 1 unspecified atom stereocenters. The SMILES string of the molecule is CC(CN)(Cc1c[nH]c2ccccc12)N1CCCCC1. The van der Waals surface area contributed by atoms with Crippen LogP contribution in [-0.4, -0.2) is 35.1 Å². The van der Waals surface area contributed by atoms with Crippen molar-refractivity contribution in [3.05, 3.63) is 36.0 Å². The van der Waals surface area contributed by atoms with Gasteiger partial charge in [-0.25, -0.2) is 0 Å². The zero-order chi connectivity index (χ0) is 14.0. The molecule has 1 aromatic carbocycles. The molecule has 3 heteroatoms. The lowest BCUT2D eigenvalue weighted by Crippen LogP contribution is -2.54. The van der Waals surface area contributed by atoms with E-state index in [2.05, 4.69) is 47.3 Å². The summed E-state index contributed by atoms with van der Waals surface area (Å²) in [6, 6.07) is 8.53. The van der Waals surface area contributed by atoms with Crippen LogP contribution in [0.15, 0.2) is 30.5 Å². The Bertz CT molecular complexity index is 568. The van der Waals surface area contributed by atoms with Crippen LogP contribution in [0.1, 0.15) is 31.7 Å². The Morgan fingerprint density at radius 1 is 1.20 bits per heavy atom. The molecule has 108 valence electrons. The van der Waals surface area contributed by atoms with Crippen molar-refractivity contribution in [1.29, 1.82) is 0 Å². The zero-order valence-corrected chi connectivity index (χ0v) is 12.4. The van der Waals surface area contributed by atoms with Crippen LogP contribution in [0.4, 0.5) is 0 Å². The van der Waals surface area contributed by atoms with Crippen LogP contribution in [0.5, 0.6) is 0 Å². The molecule has 0 amide bonds. The van der Waals surface area contributed by atoms with Crippen LogP contribution in [0.3, 0.4) is 0 Å². The predicted molar refractivity (Wildman–Crippen MR) is 84.9 cm³/mol. The summed E-state index contributed by atoms with van der Waals surface area (Å²) in [5.74, 6) is 0. The summed E-state index contributed by atoms with van der Waals surface area (Å²) < 4.78 is 0. The second-order valence-electron chi connectivity index (χ2n) is 6.29. The number of nitrogens with zero attached hydrogens (tertiary/aromatic N) is 1. The summed E-state index contributed by atoms with van der Waals surface area (Å²) in [6.07, 6.45) is 7.16. The molecule has 3 nitrogen and oxygen atoms in total. The number of likely N-dealkylation sites (tertiary alicyclic amines) is 1. The Hall–Kier alpha value is -1.32. The van der Waals surface area contributed by atoms with Crippen molar-refractivity contribution in [2.75, 3.05) is 19.6 Å². The van der Waals surface area contributed by atoms with E-state index in [4.69, 9.17) is 5.73 Å². The summed E-state index contributed by atoms with van der Waals surface area (Å²) >= 11 is 0. The largest absolute Gasteiger partial charge is 0.361 e. The van der Waals surface area contributed by atoms with Gasteiger partial charge >= 0.3 is 0 Å². The van der Waals surface area contributed by atoms with E-state index in [-0.39, 0.29) is 5.54 Å². The van der Waals surface area contributed by atoms with Gasteiger partial charge in [0.05, 0.1) is 0 Å². The first-order valence-electron chi connectivity index (χ1n) is 7.73. The van der Waals surface area contributed by atoms with Crippen LogP contribution in [0.2, 0.25) is 0 Å². The molecule has 1 saturated heterocycles. The topological polar surface area (TPSA) is 45.1 Å². The van der Waals surface area contributed by atoms with Crippen molar-refractivity contribution in [2.24, 2.45) is 5.73 Å². The van der Waals surface area contributed by atoms with E-state index in [1.165, 1.54) is 48.8 Å². The molecule has 3 rings (SSSR count). The highest BCUT2D eigenvalue weighted by molar-refractivity contribution is 5.83. The first-order chi connectivity index (χ1) is 9.73. The summed E-state index contributed by atoms with van der Waals surface area (Å²) in [7, 11) is 0. The minimum Gasteiger partial charge on any atom is -0.361 e. The van der Waals surface area contributed by atoms with Gasteiger partial charge in [-0.3, -0.25) is 4.90 Å². The maximum Gasteiger partial charge on any atom is 0.0456 e. The second-order valence-corrected chi connectivity index (χ2v) is 6.29. The van der Waals surface area contributed by atoms with E-state index < -0.39 is 0 Å². The third-order valence-corrected chi connectivity index (χ3v) is 4.81. The number of piperidine rings is 1. The molecule has 20 heavy (non-hydrogen) atoms. The Kier molecular flexibility index (Phi) is 3.81. The Morgan fingerprint density at radius 2 is 1.95 bits per heavy atom. The van der Waals surface area contributed by atoms with Gasteiger partial charge in [0, 0.05) is 29.2 Å². The lowest BCUT2D eigenvalue weighted by molar-refractivity contribution is 0.0873. The number of nitrogens with two attached hydrogens (primary N) is 1. The molecule has 1 aromatic heterocycles. The number of H-pyrrole nitrogens is 1. The third kappa shape index (κ3) is 2.48. The number of aromatic amines is 1. The number of nitrogens with one attached hydrogen (secondary N) is 1. The number of aromatic nitrogens is 1.